The number of aliphatic hydroxyl groups excluding tert-OH is 1. The molecular weight excluding hydrogens is 228 g/mol. The van der Waals surface area contributed by atoms with Gasteiger partial charge in [0.1, 0.15) is 0 Å². The molecule has 4 nitrogen and oxygen atoms in total. The molecule has 1 saturated carbocycles. The number of nitrogens with zero attached hydrogens (tertiary/aromatic N) is 2. The van der Waals surface area contributed by atoms with Crippen molar-refractivity contribution in [2.24, 2.45) is 5.92 Å². The van der Waals surface area contributed by atoms with Crippen LogP contribution in [0.2, 0.25) is 0 Å². The summed E-state index contributed by atoms with van der Waals surface area (Å²) in [7, 11) is 0. The quantitative estimate of drug-likeness (QED) is 0.799. The van der Waals surface area contributed by atoms with Crippen molar-refractivity contribution in [3.05, 3.63) is 0 Å². The van der Waals surface area contributed by atoms with Gasteiger partial charge in [-0.1, -0.05) is 13.3 Å². The average Bonchev–Trinajstić information content (AvgIpc) is 2.27. The Morgan fingerprint density at radius 2 is 1.94 bits per heavy atom. The number of hydrogen-bond donors (Lipinski definition) is 1. The summed E-state index contributed by atoms with van der Waals surface area (Å²) in [5, 5.41) is 9.10. The molecule has 0 radical (unpaired) electrons. The predicted molar refractivity (Wildman–Crippen MR) is 71.3 cm³/mol. The lowest BCUT2D eigenvalue weighted by atomic mass is 9.91. The van der Waals surface area contributed by atoms with Crippen LogP contribution in [0.4, 0.5) is 0 Å². The van der Waals surface area contributed by atoms with Crippen molar-refractivity contribution >= 4 is 5.91 Å². The summed E-state index contributed by atoms with van der Waals surface area (Å²) in [5.41, 5.74) is 0. The summed E-state index contributed by atoms with van der Waals surface area (Å²) in [6.07, 6.45) is 5.90. The number of piperidine rings is 1. The number of carbonyl (C=O) groups is 1. The minimum Gasteiger partial charge on any atom is -0.395 e. The van der Waals surface area contributed by atoms with E-state index in [1.807, 2.05) is 4.90 Å². The van der Waals surface area contributed by atoms with Crippen molar-refractivity contribution in [3.8, 4) is 0 Å². The fourth-order valence-corrected chi connectivity index (χ4v) is 2.80. The Hall–Kier alpha value is -0.610. The fourth-order valence-electron chi connectivity index (χ4n) is 2.80. The molecule has 0 bridgehead atoms. The topological polar surface area (TPSA) is 43.8 Å². The summed E-state index contributed by atoms with van der Waals surface area (Å²) in [4.78, 5) is 16.4. The SMILES string of the molecule is CC1CCN(C(=O)CN(CCO)C2CCC2)CC1. The normalized spacial score (nSPS) is 22.3. The Kier molecular flexibility index (Phi) is 5.01. The summed E-state index contributed by atoms with van der Waals surface area (Å²) < 4.78 is 0. The summed E-state index contributed by atoms with van der Waals surface area (Å²) in [6.45, 7) is 5.38. The number of rotatable bonds is 5. The monoisotopic (exact) mass is 254 g/mol. The maximum absolute atomic E-state index is 12.2. The van der Waals surface area contributed by atoms with E-state index in [0.717, 1.165) is 31.8 Å². The fraction of sp³-hybridized carbons (Fsp3) is 0.929. The van der Waals surface area contributed by atoms with E-state index in [0.29, 0.717) is 19.1 Å². The molecule has 1 aliphatic heterocycles. The van der Waals surface area contributed by atoms with Crippen molar-refractivity contribution in [3.63, 3.8) is 0 Å². The summed E-state index contributed by atoms with van der Waals surface area (Å²) in [6, 6.07) is 0.532. The zero-order valence-corrected chi connectivity index (χ0v) is 11.5. The highest BCUT2D eigenvalue weighted by Crippen LogP contribution is 2.24. The molecule has 2 aliphatic rings. The van der Waals surface area contributed by atoms with Gasteiger partial charge in [-0.2, -0.15) is 0 Å². The number of aliphatic hydroxyl groups is 1. The van der Waals surface area contributed by atoms with Crippen LogP contribution in [0.5, 0.6) is 0 Å². The van der Waals surface area contributed by atoms with Crippen molar-refractivity contribution in [1.82, 2.24) is 9.80 Å². The van der Waals surface area contributed by atoms with Crippen LogP contribution in [0.25, 0.3) is 0 Å². The molecule has 1 saturated heterocycles. The Bertz CT molecular complexity index is 271. The van der Waals surface area contributed by atoms with Gasteiger partial charge in [-0.05, 0) is 31.6 Å². The first kappa shape index (κ1) is 13.8. The average molecular weight is 254 g/mol. The first-order chi connectivity index (χ1) is 8.70. The molecule has 2 fully saturated rings. The van der Waals surface area contributed by atoms with Crippen LogP contribution in [0.3, 0.4) is 0 Å². The van der Waals surface area contributed by atoms with E-state index in [9.17, 15) is 4.79 Å². The Morgan fingerprint density at radius 3 is 2.44 bits per heavy atom. The van der Waals surface area contributed by atoms with Gasteiger partial charge >= 0.3 is 0 Å². The molecule has 0 aromatic rings. The lowest BCUT2D eigenvalue weighted by molar-refractivity contribution is -0.135. The second kappa shape index (κ2) is 6.53. The van der Waals surface area contributed by atoms with Gasteiger partial charge in [-0.3, -0.25) is 9.69 Å². The minimum atomic E-state index is 0.154. The second-order valence-electron chi connectivity index (χ2n) is 5.84. The third kappa shape index (κ3) is 3.45. The van der Waals surface area contributed by atoms with E-state index >= 15 is 0 Å². The van der Waals surface area contributed by atoms with Crippen molar-refractivity contribution in [1.29, 1.82) is 0 Å². The maximum atomic E-state index is 12.2. The molecule has 0 atom stereocenters. The van der Waals surface area contributed by atoms with Crippen LogP contribution in [0.1, 0.15) is 39.0 Å². The third-order valence-electron chi connectivity index (χ3n) is 4.45. The molecule has 0 aromatic carbocycles. The van der Waals surface area contributed by atoms with Gasteiger partial charge in [0.2, 0.25) is 5.91 Å². The van der Waals surface area contributed by atoms with Crippen LogP contribution in [0, 0.1) is 5.92 Å². The molecule has 0 spiro atoms. The Morgan fingerprint density at radius 1 is 1.28 bits per heavy atom. The lowest BCUT2D eigenvalue weighted by Gasteiger charge is -2.38. The molecule has 1 amide bonds. The van der Waals surface area contributed by atoms with Gasteiger partial charge in [0.15, 0.2) is 0 Å². The van der Waals surface area contributed by atoms with Crippen molar-refractivity contribution in [2.45, 2.75) is 45.1 Å². The van der Waals surface area contributed by atoms with Gasteiger partial charge in [0.05, 0.1) is 13.2 Å². The van der Waals surface area contributed by atoms with E-state index in [4.69, 9.17) is 5.11 Å². The number of amides is 1. The maximum Gasteiger partial charge on any atom is 0.236 e. The van der Waals surface area contributed by atoms with Gasteiger partial charge in [-0.15, -0.1) is 0 Å². The molecule has 18 heavy (non-hydrogen) atoms. The Labute approximate surface area is 110 Å². The van der Waals surface area contributed by atoms with E-state index in [1.54, 1.807) is 0 Å². The summed E-state index contributed by atoms with van der Waals surface area (Å²) >= 11 is 0. The standard InChI is InChI=1S/C14H26N2O2/c1-12-5-7-15(8-6-12)14(18)11-16(9-10-17)13-3-2-4-13/h12-13,17H,2-11H2,1H3. The van der Waals surface area contributed by atoms with Crippen LogP contribution in [-0.2, 0) is 4.79 Å². The molecule has 0 unspecified atom stereocenters. The molecule has 4 heteroatoms. The van der Waals surface area contributed by atoms with Crippen LogP contribution in [0.15, 0.2) is 0 Å². The highest BCUT2D eigenvalue weighted by atomic mass is 16.3. The first-order valence-electron chi connectivity index (χ1n) is 7.33. The van der Waals surface area contributed by atoms with Crippen molar-refractivity contribution in [2.75, 3.05) is 32.8 Å². The van der Waals surface area contributed by atoms with Crippen LogP contribution < -0.4 is 0 Å². The molecule has 1 aliphatic carbocycles. The molecule has 1 N–H and O–H groups in total. The van der Waals surface area contributed by atoms with Crippen LogP contribution >= 0.6 is 0 Å². The zero-order valence-electron chi connectivity index (χ0n) is 11.5. The Balaban J connectivity index is 1.80. The third-order valence-corrected chi connectivity index (χ3v) is 4.45. The second-order valence-corrected chi connectivity index (χ2v) is 5.84. The highest BCUT2D eigenvalue weighted by Gasteiger charge is 2.28. The first-order valence-corrected chi connectivity index (χ1v) is 7.33. The van der Waals surface area contributed by atoms with E-state index in [2.05, 4.69) is 11.8 Å². The van der Waals surface area contributed by atoms with Gasteiger partial charge in [0.25, 0.3) is 0 Å². The van der Waals surface area contributed by atoms with E-state index in [-0.39, 0.29) is 12.5 Å². The van der Waals surface area contributed by atoms with Gasteiger partial charge in [0, 0.05) is 25.7 Å². The van der Waals surface area contributed by atoms with E-state index < -0.39 is 0 Å². The number of carbonyl (C=O) groups excluding carboxylic acids is 1. The molecule has 2 rings (SSSR count). The number of likely N-dealkylation sites (tertiary alicyclic amines) is 1. The number of hydrogen-bond acceptors (Lipinski definition) is 3. The van der Waals surface area contributed by atoms with Gasteiger partial charge < -0.3 is 10.0 Å². The molecule has 0 aromatic heterocycles. The van der Waals surface area contributed by atoms with Crippen LogP contribution in [-0.4, -0.2) is 59.6 Å². The van der Waals surface area contributed by atoms with Gasteiger partial charge in [-0.25, -0.2) is 0 Å². The zero-order chi connectivity index (χ0) is 13.0. The predicted octanol–water partition coefficient (Wildman–Crippen LogP) is 1.09. The lowest BCUT2D eigenvalue weighted by Crippen LogP contribution is -2.49. The molecule has 104 valence electrons. The van der Waals surface area contributed by atoms with E-state index in [1.165, 1.54) is 19.3 Å². The van der Waals surface area contributed by atoms with Crippen molar-refractivity contribution < 1.29 is 9.90 Å². The highest BCUT2D eigenvalue weighted by molar-refractivity contribution is 5.78. The molecular formula is C14H26N2O2. The minimum absolute atomic E-state index is 0.154. The molecule has 1 heterocycles. The largest absolute Gasteiger partial charge is 0.395 e. The summed E-state index contributed by atoms with van der Waals surface area (Å²) in [5.74, 6) is 1.01. The smallest absolute Gasteiger partial charge is 0.236 e.